The SMILES string of the molecule is CCc1ccc2[nH]c(=O)c([C@@H](c3nnnn3C3CCCCC3)N(Cc3cccs3)C[C@@H]3CCCO3)cc2c1. The maximum Gasteiger partial charge on any atom is 0.253 e. The smallest absolute Gasteiger partial charge is 0.253 e. The van der Waals surface area contributed by atoms with Crippen LogP contribution in [0, 0.1) is 0 Å². The fraction of sp³-hybridized carbons (Fsp3) is 0.517. The van der Waals surface area contributed by atoms with Crippen LogP contribution in [0.15, 0.2) is 46.6 Å². The van der Waals surface area contributed by atoms with Gasteiger partial charge in [0.25, 0.3) is 5.56 Å². The van der Waals surface area contributed by atoms with Gasteiger partial charge < -0.3 is 9.72 Å². The number of ether oxygens (including phenoxy) is 1. The molecule has 2 aliphatic rings. The lowest BCUT2D eigenvalue weighted by Crippen LogP contribution is -2.39. The number of aromatic amines is 1. The monoisotopic (exact) mass is 532 g/mol. The molecular weight excluding hydrogens is 496 g/mol. The fourth-order valence-electron chi connectivity index (χ4n) is 6.08. The Morgan fingerprint density at radius 3 is 2.82 bits per heavy atom. The van der Waals surface area contributed by atoms with E-state index in [4.69, 9.17) is 4.74 Å². The minimum absolute atomic E-state index is 0.0894. The molecule has 6 rings (SSSR count). The first-order valence-corrected chi connectivity index (χ1v) is 14.9. The number of thiophene rings is 1. The van der Waals surface area contributed by atoms with Crippen molar-refractivity contribution >= 4 is 22.2 Å². The van der Waals surface area contributed by atoms with Crippen LogP contribution >= 0.6 is 11.3 Å². The van der Waals surface area contributed by atoms with Crippen LogP contribution in [0.3, 0.4) is 0 Å². The summed E-state index contributed by atoms with van der Waals surface area (Å²) in [7, 11) is 0. The van der Waals surface area contributed by atoms with Crippen molar-refractivity contribution in [1.82, 2.24) is 30.1 Å². The third-order valence-electron chi connectivity index (χ3n) is 8.09. The van der Waals surface area contributed by atoms with E-state index >= 15 is 0 Å². The Morgan fingerprint density at radius 1 is 1.16 bits per heavy atom. The van der Waals surface area contributed by atoms with Gasteiger partial charge in [0.05, 0.1) is 12.1 Å². The molecule has 8 nitrogen and oxygen atoms in total. The van der Waals surface area contributed by atoms with E-state index < -0.39 is 6.04 Å². The van der Waals surface area contributed by atoms with Crippen molar-refractivity contribution in [2.75, 3.05) is 13.2 Å². The number of hydrogen-bond acceptors (Lipinski definition) is 7. The molecule has 1 N–H and O–H groups in total. The van der Waals surface area contributed by atoms with Crippen molar-refractivity contribution < 1.29 is 4.74 Å². The van der Waals surface area contributed by atoms with Crippen molar-refractivity contribution in [1.29, 1.82) is 0 Å². The molecular formula is C29H36N6O2S. The average Bonchev–Trinajstić information content (AvgIpc) is 3.73. The number of fused-ring (bicyclic) bond motifs is 1. The van der Waals surface area contributed by atoms with Crippen LogP contribution in [-0.4, -0.2) is 49.3 Å². The van der Waals surface area contributed by atoms with E-state index in [1.54, 1.807) is 11.3 Å². The molecule has 4 heterocycles. The van der Waals surface area contributed by atoms with E-state index in [1.165, 1.54) is 29.7 Å². The maximum absolute atomic E-state index is 13.8. The first-order valence-electron chi connectivity index (χ1n) is 14.0. The van der Waals surface area contributed by atoms with Gasteiger partial charge in [-0.05, 0) is 83.1 Å². The summed E-state index contributed by atoms with van der Waals surface area (Å²) in [5, 5.41) is 16.4. The maximum atomic E-state index is 13.8. The Kier molecular flexibility index (Phi) is 7.67. The van der Waals surface area contributed by atoms with Gasteiger partial charge >= 0.3 is 0 Å². The van der Waals surface area contributed by atoms with Gasteiger partial charge in [-0.2, -0.15) is 0 Å². The quantitative estimate of drug-likeness (QED) is 0.310. The van der Waals surface area contributed by atoms with E-state index in [0.717, 1.165) is 55.4 Å². The fourth-order valence-corrected chi connectivity index (χ4v) is 6.80. The van der Waals surface area contributed by atoms with Gasteiger partial charge in [-0.25, -0.2) is 4.68 Å². The lowest BCUT2D eigenvalue weighted by molar-refractivity contribution is 0.0571. The number of pyridine rings is 1. The predicted molar refractivity (Wildman–Crippen MR) is 149 cm³/mol. The summed E-state index contributed by atoms with van der Waals surface area (Å²) in [6.45, 7) is 4.36. The molecule has 200 valence electrons. The number of benzene rings is 1. The molecule has 0 radical (unpaired) electrons. The summed E-state index contributed by atoms with van der Waals surface area (Å²) < 4.78 is 8.12. The topological polar surface area (TPSA) is 88.9 Å². The Labute approximate surface area is 227 Å². The molecule has 1 aromatic carbocycles. The molecule has 9 heteroatoms. The van der Waals surface area contributed by atoms with Gasteiger partial charge in [-0.1, -0.05) is 38.3 Å². The zero-order chi connectivity index (χ0) is 25.9. The summed E-state index contributed by atoms with van der Waals surface area (Å²) in [6, 6.07) is 12.4. The molecule has 4 aromatic rings. The molecule has 0 unspecified atom stereocenters. The van der Waals surface area contributed by atoms with Crippen LogP contribution in [0.25, 0.3) is 10.9 Å². The minimum Gasteiger partial charge on any atom is -0.377 e. The van der Waals surface area contributed by atoms with Crippen molar-refractivity contribution in [2.45, 2.75) is 83.0 Å². The predicted octanol–water partition coefficient (Wildman–Crippen LogP) is 5.41. The average molecular weight is 533 g/mol. The van der Waals surface area contributed by atoms with Crippen molar-refractivity contribution in [3.63, 3.8) is 0 Å². The highest BCUT2D eigenvalue weighted by Gasteiger charge is 2.35. The second kappa shape index (κ2) is 11.5. The summed E-state index contributed by atoms with van der Waals surface area (Å²) >= 11 is 1.74. The number of H-pyrrole nitrogens is 1. The molecule has 0 amide bonds. The molecule has 2 atom stereocenters. The van der Waals surface area contributed by atoms with Gasteiger partial charge in [0, 0.05) is 35.7 Å². The molecule has 0 bridgehead atoms. The first kappa shape index (κ1) is 25.4. The number of nitrogens with one attached hydrogen (secondary N) is 1. The first-order chi connectivity index (χ1) is 18.7. The highest BCUT2D eigenvalue weighted by atomic mass is 32.1. The highest BCUT2D eigenvalue weighted by molar-refractivity contribution is 7.09. The molecule has 3 aromatic heterocycles. The third kappa shape index (κ3) is 5.32. The number of aromatic nitrogens is 5. The van der Waals surface area contributed by atoms with Gasteiger partial charge in [0.2, 0.25) is 0 Å². The lowest BCUT2D eigenvalue weighted by Gasteiger charge is -2.33. The second-order valence-corrected chi connectivity index (χ2v) is 11.7. The van der Waals surface area contributed by atoms with Crippen LogP contribution in [0.4, 0.5) is 0 Å². The Balaban J connectivity index is 1.50. The Morgan fingerprint density at radius 2 is 2.05 bits per heavy atom. The van der Waals surface area contributed by atoms with Crippen LogP contribution in [0.5, 0.6) is 0 Å². The number of aryl methyl sites for hydroxylation is 1. The Bertz CT molecular complexity index is 1400. The summed E-state index contributed by atoms with van der Waals surface area (Å²) in [5.41, 5.74) is 2.69. The molecule has 0 spiro atoms. The molecule has 1 aliphatic heterocycles. The second-order valence-electron chi connectivity index (χ2n) is 10.6. The zero-order valence-electron chi connectivity index (χ0n) is 22.0. The van der Waals surface area contributed by atoms with Crippen LogP contribution < -0.4 is 5.56 Å². The summed E-state index contributed by atoms with van der Waals surface area (Å²) in [4.78, 5) is 20.6. The van der Waals surface area contributed by atoms with E-state index in [0.29, 0.717) is 18.7 Å². The number of rotatable bonds is 9. The van der Waals surface area contributed by atoms with Gasteiger partial charge in [0.15, 0.2) is 5.82 Å². The van der Waals surface area contributed by atoms with Gasteiger partial charge in [0.1, 0.15) is 6.04 Å². The molecule has 2 fully saturated rings. The van der Waals surface area contributed by atoms with Gasteiger partial charge in [-0.15, -0.1) is 16.4 Å². The zero-order valence-corrected chi connectivity index (χ0v) is 22.8. The van der Waals surface area contributed by atoms with Crippen molar-refractivity contribution in [3.05, 3.63) is 74.0 Å². The van der Waals surface area contributed by atoms with E-state index in [1.807, 2.05) is 10.7 Å². The third-order valence-corrected chi connectivity index (χ3v) is 8.95. The van der Waals surface area contributed by atoms with Crippen LogP contribution in [0.1, 0.15) is 85.8 Å². The largest absolute Gasteiger partial charge is 0.377 e. The van der Waals surface area contributed by atoms with Gasteiger partial charge in [-0.3, -0.25) is 9.69 Å². The van der Waals surface area contributed by atoms with E-state index in [2.05, 4.69) is 68.0 Å². The van der Waals surface area contributed by atoms with Crippen LogP contribution in [0.2, 0.25) is 0 Å². The molecule has 1 saturated heterocycles. The highest BCUT2D eigenvalue weighted by Crippen LogP contribution is 2.35. The lowest BCUT2D eigenvalue weighted by atomic mass is 9.95. The number of nitrogens with zero attached hydrogens (tertiary/aromatic N) is 5. The Hall–Kier alpha value is -2.88. The van der Waals surface area contributed by atoms with Crippen LogP contribution in [-0.2, 0) is 17.7 Å². The minimum atomic E-state index is -0.392. The molecule has 1 aliphatic carbocycles. The standard InChI is InChI=1S/C29H36N6O2S/c1-2-20-12-13-26-21(16-20)17-25(29(36)30-26)27(28-31-32-33-35(28)22-8-4-3-5-9-22)34(18-23-10-6-14-37-23)19-24-11-7-15-38-24/h7,11-13,15-17,22-23,27H,2-6,8-10,14,18-19H2,1H3,(H,30,36)/t23-,27-/m0/s1. The summed E-state index contributed by atoms with van der Waals surface area (Å²) in [5.74, 6) is 0.753. The molecule has 38 heavy (non-hydrogen) atoms. The van der Waals surface area contributed by atoms with E-state index in [-0.39, 0.29) is 17.7 Å². The van der Waals surface area contributed by atoms with Crippen molar-refractivity contribution in [3.8, 4) is 0 Å². The normalized spacial score (nSPS) is 19.5. The van der Waals surface area contributed by atoms with Crippen molar-refractivity contribution in [2.24, 2.45) is 0 Å². The number of tetrazole rings is 1. The summed E-state index contributed by atoms with van der Waals surface area (Å²) in [6.07, 6.45) is 8.91. The van der Waals surface area contributed by atoms with E-state index in [9.17, 15) is 4.79 Å². The molecule has 1 saturated carbocycles. The number of hydrogen-bond donors (Lipinski definition) is 1.